The number of hydrogen-bond donors (Lipinski definition) is 2. The number of methoxy groups -OCH3 is 1. The minimum Gasteiger partial charge on any atom is -0.444 e. The second-order valence-corrected chi connectivity index (χ2v) is 7.03. The number of carbonyl (C=O) groups is 1. The quantitative estimate of drug-likeness (QED) is 0.892. The molecule has 1 aliphatic heterocycles. The summed E-state index contributed by atoms with van der Waals surface area (Å²) in [5.41, 5.74) is 0.465. The first kappa shape index (κ1) is 16.2. The van der Waals surface area contributed by atoms with Gasteiger partial charge in [-0.05, 0) is 27.2 Å². The molecule has 0 saturated carbocycles. The van der Waals surface area contributed by atoms with Crippen LogP contribution in [0.25, 0.3) is 0 Å². The fourth-order valence-corrected chi connectivity index (χ4v) is 3.02. The summed E-state index contributed by atoms with van der Waals surface area (Å²) in [4.78, 5) is 16.1. The van der Waals surface area contributed by atoms with Crippen molar-refractivity contribution in [3.63, 3.8) is 0 Å². The van der Waals surface area contributed by atoms with Crippen LogP contribution in [0.4, 0.5) is 9.93 Å². The average Bonchev–Trinajstić information content (AvgIpc) is 2.96. The highest BCUT2D eigenvalue weighted by molar-refractivity contribution is 7.13. The first-order chi connectivity index (χ1) is 9.87. The van der Waals surface area contributed by atoms with Gasteiger partial charge in [-0.3, -0.25) is 5.32 Å². The molecule has 1 aromatic rings. The number of nitrogens with zero attached hydrogens (tertiary/aromatic N) is 1. The second kappa shape index (κ2) is 6.72. The largest absolute Gasteiger partial charge is 0.444 e. The molecule has 2 rings (SSSR count). The van der Waals surface area contributed by atoms with Gasteiger partial charge in [-0.2, -0.15) is 0 Å². The van der Waals surface area contributed by atoms with Crippen LogP contribution in [0.3, 0.4) is 0 Å². The van der Waals surface area contributed by atoms with Crippen molar-refractivity contribution in [3.05, 3.63) is 11.1 Å². The van der Waals surface area contributed by atoms with Crippen LogP contribution in [-0.4, -0.2) is 43.0 Å². The van der Waals surface area contributed by atoms with Gasteiger partial charge < -0.3 is 14.8 Å². The van der Waals surface area contributed by atoms with Gasteiger partial charge in [0.15, 0.2) is 5.13 Å². The zero-order valence-electron chi connectivity index (χ0n) is 12.9. The molecular formula is C14H23N3O3S. The topological polar surface area (TPSA) is 72.5 Å². The van der Waals surface area contributed by atoms with Crippen molar-refractivity contribution >= 4 is 22.6 Å². The summed E-state index contributed by atoms with van der Waals surface area (Å²) >= 11 is 1.41. The van der Waals surface area contributed by atoms with Gasteiger partial charge in [-0.1, -0.05) is 0 Å². The van der Waals surface area contributed by atoms with Crippen LogP contribution in [0.2, 0.25) is 0 Å². The molecule has 0 unspecified atom stereocenters. The summed E-state index contributed by atoms with van der Waals surface area (Å²) in [6.45, 7) is 7.31. The highest BCUT2D eigenvalue weighted by Crippen LogP contribution is 2.22. The Morgan fingerprint density at radius 3 is 2.95 bits per heavy atom. The first-order valence-electron chi connectivity index (χ1n) is 7.05. The Kier molecular flexibility index (Phi) is 5.18. The Hall–Kier alpha value is -1.18. The number of aromatic nitrogens is 1. The minimum atomic E-state index is -0.509. The fraction of sp³-hybridized carbons (Fsp3) is 0.714. The summed E-state index contributed by atoms with van der Waals surface area (Å²) in [6, 6.07) is 0. The third-order valence-electron chi connectivity index (χ3n) is 3.21. The Morgan fingerprint density at radius 2 is 2.29 bits per heavy atom. The van der Waals surface area contributed by atoms with Crippen LogP contribution in [0.1, 0.15) is 26.5 Å². The van der Waals surface area contributed by atoms with Crippen LogP contribution in [-0.2, 0) is 15.9 Å². The summed E-state index contributed by atoms with van der Waals surface area (Å²) in [7, 11) is 1.74. The molecule has 1 aliphatic rings. The summed E-state index contributed by atoms with van der Waals surface area (Å²) in [5.74, 6) is 0.423. The first-order valence-corrected chi connectivity index (χ1v) is 7.93. The molecule has 21 heavy (non-hydrogen) atoms. The van der Waals surface area contributed by atoms with E-state index in [9.17, 15) is 4.79 Å². The van der Waals surface area contributed by atoms with Gasteiger partial charge in [0.05, 0.1) is 11.8 Å². The van der Waals surface area contributed by atoms with Crippen LogP contribution in [0.5, 0.6) is 0 Å². The van der Waals surface area contributed by atoms with E-state index >= 15 is 0 Å². The molecule has 7 heteroatoms. The maximum Gasteiger partial charge on any atom is 0.413 e. The number of nitrogens with one attached hydrogen (secondary N) is 2. The summed E-state index contributed by atoms with van der Waals surface area (Å²) < 4.78 is 10.7. The monoisotopic (exact) mass is 313 g/mol. The molecule has 1 aromatic heterocycles. The lowest BCUT2D eigenvalue weighted by atomic mass is 10.0. The van der Waals surface area contributed by atoms with E-state index in [1.165, 1.54) is 11.3 Å². The standard InChI is InChI=1S/C14H23N3O3S/c1-14(2,3)20-13(18)17-12-16-10(8-21-12)5-9-6-15-7-11(9)19-4/h8-9,11,15H,5-7H2,1-4H3,(H,16,17,18)/t9-,11-/m1/s1. The molecule has 2 heterocycles. The molecule has 1 amide bonds. The number of carbonyl (C=O) groups excluding carboxylic acids is 1. The van der Waals surface area contributed by atoms with Gasteiger partial charge in [0, 0.05) is 31.5 Å². The molecule has 1 saturated heterocycles. The lowest BCUT2D eigenvalue weighted by molar-refractivity contribution is 0.0636. The minimum absolute atomic E-state index is 0.231. The van der Waals surface area contributed by atoms with Gasteiger partial charge in [-0.25, -0.2) is 9.78 Å². The predicted molar refractivity (Wildman–Crippen MR) is 82.8 cm³/mol. The maximum atomic E-state index is 11.7. The molecule has 0 bridgehead atoms. The molecule has 1 fully saturated rings. The van der Waals surface area contributed by atoms with Crippen LogP contribution in [0, 0.1) is 5.92 Å². The SMILES string of the molecule is CO[C@@H]1CNC[C@H]1Cc1csc(NC(=O)OC(C)(C)C)n1. The van der Waals surface area contributed by atoms with E-state index in [4.69, 9.17) is 9.47 Å². The highest BCUT2D eigenvalue weighted by Gasteiger charge is 2.27. The third kappa shape index (κ3) is 4.94. The van der Waals surface area contributed by atoms with Gasteiger partial charge in [0.2, 0.25) is 0 Å². The van der Waals surface area contributed by atoms with E-state index in [0.29, 0.717) is 11.0 Å². The number of ether oxygens (including phenoxy) is 2. The molecule has 0 spiro atoms. The van der Waals surface area contributed by atoms with E-state index in [-0.39, 0.29) is 6.10 Å². The Labute approximate surface area is 129 Å². The van der Waals surface area contributed by atoms with Crippen molar-refractivity contribution in [1.29, 1.82) is 0 Å². The fourth-order valence-electron chi connectivity index (χ4n) is 2.31. The molecule has 118 valence electrons. The average molecular weight is 313 g/mol. The Balaban J connectivity index is 1.88. The zero-order chi connectivity index (χ0) is 15.5. The van der Waals surface area contributed by atoms with Gasteiger partial charge in [-0.15, -0.1) is 11.3 Å². The number of anilines is 1. The molecule has 2 N–H and O–H groups in total. The van der Waals surface area contributed by atoms with E-state index in [1.54, 1.807) is 7.11 Å². The van der Waals surface area contributed by atoms with Crippen molar-refractivity contribution in [2.24, 2.45) is 5.92 Å². The number of rotatable bonds is 4. The van der Waals surface area contributed by atoms with Crippen LogP contribution < -0.4 is 10.6 Å². The van der Waals surface area contributed by atoms with Crippen molar-refractivity contribution in [3.8, 4) is 0 Å². The highest BCUT2D eigenvalue weighted by atomic mass is 32.1. The smallest absolute Gasteiger partial charge is 0.413 e. The molecule has 0 radical (unpaired) electrons. The second-order valence-electron chi connectivity index (χ2n) is 6.17. The lowest BCUT2D eigenvalue weighted by Gasteiger charge is -2.19. The normalized spacial score (nSPS) is 22.3. The number of amides is 1. The van der Waals surface area contributed by atoms with Gasteiger partial charge in [0.1, 0.15) is 5.60 Å². The zero-order valence-corrected chi connectivity index (χ0v) is 13.8. The van der Waals surface area contributed by atoms with E-state index in [2.05, 4.69) is 15.6 Å². The Bertz CT molecular complexity index is 484. The molecule has 0 aliphatic carbocycles. The molecule has 6 nitrogen and oxygen atoms in total. The molecular weight excluding hydrogens is 290 g/mol. The third-order valence-corrected chi connectivity index (χ3v) is 4.02. The van der Waals surface area contributed by atoms with Crippen LogP contribution in [0.15, 0.2) is 5.38 Å². The van der Waals surface area contributed by atoms with Crippen molar-refractivity contribution in [2.45, 2.75) is 38.9 Å². The molecule has 2 atom stereocenters. The lowest BCUT2D eigenvalue weighted by Crippen LogP contribution is -2.27. The van der Waals surface area contributed by atoms with E-state index in [1.807, 2.05) is 26.2 Å². The van der Waals surface area contributed by atoms with Crippen LogP contribution >= 0.6 is 11.3 Å². The maximum absolute atomic E-state index is 11.7. The van der Waals surface area contributed by atoms with E-state index in [0.717, 1.165) is 25.2 Å². The van der Waals surface area contributed by atoms with Crippen molar-refractivity contribution < 1.29 is 14.3 Å². The summed E-state index contributed by atoms with van der Waals surface area (Å²) in [5, 5.41) is 8.53. The predicted octanol–water partition coefficient (Wildman–Crippen LogP) is 2.27. The summed E-state index contributed by atoms with van der Waals surface area (Å²) in [6.07, 6.45) is 0.604. The van der Waals surface area contributed by atoms with Crippen molar-refractivity contribution in [1.82, 2.24) is 10.3 Å². The van der Waals surface area contributed by atoms with E-state index < -0.39 is 11.7 Å². The number of thiazole rings is 1. The van der Waals surface area contributed by atoms with Gasteiger partial charge >= 0.3 is 6.09 Å². The Morgan fingerprint density at radius 1 is 1.52 bits per heavy atom. The van der Waals surface area contributed by atoms with Crippen molar-refractivity contribution in [2.75, 3.05) is 25.5 Å². The van der Waals surface area contributed by atoms with Gasteiger partial charge in [0.25, 0.3) is 0 Å². The molecule has 0 aromatic carbocycles. The number of hydrogen-bond acceptors (Lipinski definition) is 6.